The molecule has 4 heteroatoms. The first-order valence-corrected chi connectivity index (χ1v) is 10.9. The molecule has 3 aliphatic rings. The highest BCUT2D eigenvalue weighted by molar-refractivity contribution is 5.84. The van der Waals surface area contributed by atoms with E-state index in [0.717, 1.165) is 24.2 Å². The van der Waals surface area contributed by atoms with E-state index in [0.29, 0.717) is 6.54 Å². The van der Waals surface area contributed by atoms with Crippen LogP contribution in [0.25, 0.3) is 0 Å². The zero-order valence-electron chi connectivity index (χ0n) is 17.5. The molecule has 6 rings (SSSR count). The number of hydrogen-bond acceptors (Lipinski definition) is 4. The highest BCUT2D eigenvalue weighted by Crippen LogP contribution is 2.71. The Kier molecular flexibility index (Phi) is 4.11. The van der Waals surface area contributed by atoms with Crippen LogP contribution in [0.15, 0.2) is 84.9 Å². The summed E-state index contributed by atoms with van der Waals surface area (Å²) in [6.45, 7) is 2.22. The molecule has 4 atom stereocenters. The summed E-state index contributed by atoms with van der Waals surface area (Å²) in [5.74, 6) is -0.132. The lowest BCUT2D eigenvalue weighted by Crippen LogP contribution is -2.54. The summed E-state index contributed by atoms with van der Waals surface area (Å²) in [7, 11) is 1.50. The van der Waals surface area contributed by atoms with Crippen molar-refractivity contribution in [2.45, 2.75) is 18.2 Å². The first-order valence-electron chi connectivity index (χ1n) is 10.9. The smallest absolute Gasteiger partial charge is 0.317 e. The number of benzene rings is 3. The molecule has 2 fully saturated rings. The number of fused-ring (bicyclic) bond motifs is 8. The Hall–Kier alpha value is -2.95. The number of rotatable bonds is 4. The van der Waals surface area contributed by atoms with Gasteiger partial charge in [0.15, 0.2) is 0 Å². The molecule has 0 aliphatic carbocycles. The van der Waals surface area contributed by atoms with E-state index >= 15 is 0 Å². The standard InChI is InChI=1S/C27H25NO3/c1-30-25(29)26-18-28(16-19-10-4-2-5-11-19)17-23(26)24-21-14-8-9-15-22(21)27(26,31-24)20-12-6-3-7-13-20/h2-15,23-24H,16-18H2,1H3/t23-,24+,26-,27-/m0/s1. The van der Waals surface area contributed by atoms with Gasteiger partial charge in [0.25, 0.3) is 0 Å². The number of hydrogen-bond donors (Lipinski definition) is 0. The van der Waals surface area contributed by atoms with Crippen LogP contribution in [0, 0.1) is 11.3 Å². The summed E-state index contributed by atoms with van der Waals surface area (Å²) in [5, 5.41) is 0. The summed E-state index contributed by atoms with van der Waals surface area (Å²) in [6, 6.07) is 29.1. The third-order valence-corrected chi connectivity index (χ3v) is 7.48. The zero-order chi connectivity index (χ0) is 21.1. The Bertz CT molecular complexity index is 1130. The predicted octanol–water partition coefficient (Wildman–Crippen LogP) is 4.31. The Morgan fingerprint density at radius 2 is 1.68 bits per heavy atom. The molecule has 0 unspecified atom stereocenters. The van der Waals surface area contributed by atoms with Gasteiger partial charge < -0.3 is 9.47 Å². The quantitative estimate of drug-likeness (QED) is 0.600. The van der Waals surface area contributed by atoms with Gasteiger partial charge in [-0.15, -0.1) is 0 Å². The van der Waals surface area contributed by atoms with E-state index in [4.69, 9.17) is 9.47 Å². The van der Waals surface area contributed by atoms with E-state index < -0.39 is 11.0 Å². The fourth-order valence-electron chi connectivity index (χ4n) is 6.38. The minimum Gasteiger partial charge on any atom is -0.468 e. The molecule has 0 spiro atoms. The second-order valence-corrected chi connectivity index (χ2v) is 8.90. The largest absolute Gasteiger partial charge is 0.468 e. The Balaban J connectivity index is 1.53. The lowest BCUT2D eigenvalue weighted by molar-refractivity contribution is -0.163. The highest BCUT2D eigenvalue weighted by atomic mass is 16.6. The van der Waals surface area contributed by atoms with Gasteiger partial charge in [0, 0.05) is 25.6 Å². The summed E-state index contributed by atoms with van der Waals surface area (Å²) in [5.41, 5.74) is 2.98. The first-order chi connectivity index (χ1) is 15.2. The number of methoxy groups -OCH3 is 1. The van der Waals surface area contributed by atoms with Crippen LogP contribution in [0.5, 0.6) is 0 Å². The van der Waals surface area contributed by atoms with E-state index in [9.17, 15) is 4.79 Å². The number of likely N-dealkylation sites (tertiary alicyclic amines) is 1. The molecule has 3 aromatic rings. The first kappa shape index (κ1) is 18.8. The molecule has 2 bridgehead atoms. The molecule has 0 radical (unpaired) electrons. The molecule has 2 saturated heterocycles. The summed E-state index contributed by atoms with van der Waals surface area (Å²) in [4.78, 5) is 16.1. The van der Waals surface area contributed by atoms with E-state index in [1.165, 1.54) is 18.2 Å². The molecule has 0 N–H and O–H groups in total. The molecule has 4 nitrogen and oxygen atoms in total. The molecule has 3 aromatic carbocycles. The fourth-order valence-corrected chi connectivity index (χ4v) is 6.38. The number of esters is 1. The second-order valence-electron chi connectivity index (χ2n) is 8.90. The maximum Gasteiger partial charge on any atom is 0.317 e. The van der Waals surface area contributed by atoms with E-state index in [-0.39, 0.29) is 18.0 Å². The van der Waals surface area contributed by atoms with Gasteiger partial charge in [-0.05, 0) is 22.3 Å². The number of nitrogens with zero attached hydrogens (tertiary/aromatic N) is 1. The maximum absolute atomic E-state index is 13.7. The van der Waals surface area contributed by atoms with Gasteiger partial charge in [-0.25, -0.2) is 0 Å². The van der Waals surface area contributed by atoms with E-state index in [2.05, 4.69) is 59.5 Å². The molecule has 0 aromatic heterocycles. The molecule has 156 valence electrons. The van der Waals surface area contributed by atoms with Crippen LogP contribution < -0.4 is 0 Å². The average molecular weight is 412 g/mol. The summed E-state index contributed by atoms with van der Waals surface area (Å²) in [6.07, 6.45) is -0.115. The van der Waals surface area contributed by atoms with E-state index in [1.54, 1.807) is 0 Å². The van der Waals surface area contributed by atoms with Crippen molar-refractivity contribution in [3.63, 3.8) is 0 Å². The lowest BCUT2D eigenvalue weighted by atomic mass is 9.57. The molecule has 31 heavy (non-hydrogen) atoms. The minimum absolute atomic E-state index is 0.0405. The molecule has 3 aliphatic heterocycles. The Morgan fingerprint density at radius 1 is 1.00 bits per heavy atom. The van der Waals surface area contributed by atoms with Crippen molar-refractivity contribution in [3.8, 4) is 0 Å². The number of ether oxygens (including phenoxy) is 2. The van der Waals surface area contributed by atoms with E-state index in [1.807, 2.05) is 30.3 Å². The van der Waals surface area contributed by atoms with Crippen molar-refractivity contribution in [1.82, 2.24) is 4.90 Å². The van der Waals surface area contributed by atoms with Crippen LogP contribution >= 0.6 is 0 Å². The van der Waals surface area contributed by atoms with Crippen LogP contribution in [0.4, 0.5) is 0 Å². The topological polar surface area (TPSA) is 38.8 Å². The van der Waals surface area contributed by atoms with Crippen molar-refractivity contribution in [3.05, 3.63) is 107 Å². The van der Waals surface area contributed by atoms with Gasteiger partial charge in [0.1, 0.15) is 11.0 Å². The van der Waals surface area contributed by atoms with Gasteiger partial charge in [0.05, 0.1) is 13.2 Å². The SMILES string of the molecule is COC(=O)[C@]12CN(Cc3ccccc3)C[C@H]1[C@@H]1O[C@@]2(c2ccccc2)c2ccccc21. The highest BCUT2D eigenvalue weighted by Gasteiger charge is 2.77. The van der Waals surface area contributed by atoms with Crippen molar-refractivity contribution >= 4 is 5.97 Å². The monoisotopic (exact) mass is 411 g/mol. The van der Waals surface area contributed by atoms with Crippen molar-refractivity contribution in [2.75, 3.05) is 20.2 Å². The Morgan fingerprint density at radius 3 is 2.42 bits per heavy atom. The van der Waals surface area contributed by atoms with Crippen LogP contribution in [-0.2, 0) is 26.4 Å². The fraction of sp³-hybridized carbons (Fsp3) is 0.296. The van der Waals surface area contributed by atoms with Crippen LogP contribution in [0.3, 0.4) is 0 Å². The summed E-state index contributed by atoms with van der Waals surface area (Å²) < 4.78 is 12.4. The Labute approximate surface area is 182 Å². The van der Waals surface area contributed by atoms with Gasteiger partial charge in [-0.1, -0.05) is 84.9 Å². The molecule has 3 heterocycles. The third kappa shape index (κ3) is 2.35. The van der Waals surface area contributed by atoms with Crippen LogP contribution in [0.1, 0.15) is 28.4 Å². The van der Waals surface area contributed by atoms with Gasteiger partial charge in [-0.3, -0.25) is 9.69 Å². The third-order valence-electron chi connectivity index (χ3n) is 7.48. The molecular weight excluding hydrogens is 386 g/mol. The van der Waals surface area contributed by atoms with Crippen molar-refractivity contribution in [1.29, 1.82) is 0 Å². The van der Waals surface area contributed by atoms with Crippen molar-refractivity contribution in [2.24, 2.45) is 11.3 Å². The molecule has 0 saturated carbocycles. The lowest BCUT2D eigenvalue weighted by Gasteiger charge is -2.43. The minimum atomic E-state index is -0.835. The predicted molar refractivity (Wildman–Crippen MR) is 117 cm³/mol. The summed E-state index contributed by atoms with van der Waals surface area (Å²) >= 11 is 0. The van der Waals surface area contributed by atoms with Gasteiger partial charge in [0.2, 0.25) is 0 Å². The second kappa shape index (κ2) is 6.78. The number of carbonyl (C=O) groups is 1. The van der Waals surface area contributed by atoms with Crippen LogP contribution in [-0.4, -0.2) is 31.1 Å². The van der Waals surface area contributed by atoms with Crippen molar-refractivity contribution < 1.29 is 14.3 Å². The van der Waals surface area contributed by atoms with Gasteiger partial charge in [-0.2, -0.15) is 0 Å². The normalized spacial score (nSPS) is 30.7. The molecular formula is C27H25NO3. The molecule has 0 amide bonds. The van der Waals surface area contributed by atoms with Gasteiger partial charge >= 0.3 is 5.97 Å². The average Bonchev–Trinajstić information content (AvgIpc) is 3.46. The zero-order valence-corrected chi connectivity index (χ0v) is 17.5. The maximum atomic E-state index is 13.7. The number of carbonyl (C=O) groups excluding carboxylic acids is 1. The van der Waals surface area contributed by atoms with Crippen LogP contribution in [0.2, 0.25) is 0 Å².